The Bertz CT molecular complexity index is 524. The fourth-order valence-electron chi connectivity index (χ4n) is 1.62. The Kier molecular flexibility index (Phi) is 6.35. The molecule has 0 aliphatic heterocycles. The Morgan fingerprint density at radius 3 is 2.35 bits per heavy atom. The van der Waals surface area contributed by atoms with Gasteiger partial charge in [-0.1, -0.05) is 6.92 Å². The number of sulfone groups is 1. The van der Waals surface area contributed by atoms with Crippen molar-refractivity contribution in [2.45, 2.75) is 19.9 Å². The summed E-state index contributed by atoms with van der Waals surface area (Å²) in [7, 11) is -3.09. The van der Waals surface area contributed by atoms with Crippen molar-refractivity contribution in [3.63, 3.8) is 0 Å². The minimum atomic E-state index is -3.09. The quantitative estimate of drug-likeness (QED) is 0.745. The molecule has 114 valence electrons. The fourth-order valence-corrected chi connectivity index (χ4v) is 2.26. The molecule has 4 nitrogen and oxygen atoms in total. The van der Waals surface area contributed by atoms with Crippen LogP contribution in [0.1, 0.15) is 18.9 Å². The molecule has 0 aliphatic carbocycles. The van der Waals surface area contributed by atoms with Crippen LogP contribution >= 0.6 is 0 Å². The highest BCUT2D eigenvalue weighted by atomic mass is 32.2. The van der Waals surface area contributed by atoms with Crippen LogP contribution in [0.5, 0.6) is 5.75 Å². The lowest BCUT2D eigenvalue weighted by Crippen LogP contribution is -2.13. The highest BCUT2D eigenvalue weighted by molar-refractivity contribution is 7.90. The summed E-state index contributed by atoms with van der Waals surface area (Å²) < 4.78 is 54.2. The van der Waals surface area contributed by atoms with Crippen LogP contribution < -0.4 is 10.1 Å². The summed E-state index contributed by atoms with van der Waals surface area (Å²) in [5.41, 5.74) is 0.491. The van der Waals surface area contributed by atoms with E-state index in [1.54, 1.807) is 0 Å². The zero-order chi connectivity index (χ0) is 15.2. The summed E-state index contributed by atoms with van der Waals surface area (Å²) in [4.78, 5) is 0. The van der Waals surface area contributed by atoms with E-state index in [2.05, 4.69) is 5.32 Å². The first-order chi connectivity index (χ1) is 9.33. The van der Waals surface area contributed by atoms with E-state index >= 15 is 0 Å². The second-order valence-electron chi connectivity index (χ2n) is 4.50. The number of hydrogen-bond donors (Lipinski definition) is 1. The molecule has 0 unspecified atom stereocenters. The molecule has 7 heteroatoms. The van der Waals surface area contributed by atoms with Crippen molar-refractivity contribution < 1.29 is 21.9 Å². The van der Waals surface area contributed by atoms with Crippen molar-refractivity contribution in [3.8, 4) is 5.75 Å². The largest absolute Gasteiger partial charge is 0.488 e. The van der Waals surface area contributed by atoms with Gasteiger partial charge in [0, 0.05) is 12.8 Å². The van der Waals surface area contributed by atoms with Gasteiger partial charge in [-0.15, -0.1) is 0 Å². The highest BCUT2D eigenvalue weighted by Crippen LogP contribution is 2.23. The van der Waals surface area contributed by atoms with Crippen LogP contribution in [0, 0.1) is 11.6 Å². The van der Waals surface area contributed by atoms with Gasteiger partial charge in [-0.3, -0.25) is 0 Å². The molecule has 0 atom stereocenters. The molecule has 20 heavy (non-hydrogen) atoms. The summed E-state index contributed by atoms with van der Waals surface area (Å²) >= 11 is 0. The number of benzene rings is 1. The molecule has 1 aromatic rings. The Morgan fingerprint density at radius 1 is 1.25 bits per heavy atom. The van der Waals surface area contributed by atoms with Crippen molar-refractivity contribution in [2.24, 2.45) is 0 Å². The van der Waals surface area contributed by atoms with E-state index in [4.69, 9.17) is 4.74 Å². The molecular formula is C13H19F2NO3S. The van der Waals surface area contributed by atoms with Crippen molar-refractivity contribution in [1.82, 2.24) is 5.32 Å². The van der Waals surface area contributed by atoms with E-state index in [9.17, 15) is 17.2 Å². The lowest BCUT2D eigenvalue weighted by molar-refractivity contribution is 0.285. The Balaban J connectivity index is 2.62. The first-order valence-electron chi connectivity index (χ1n) is 6.32. The number of nitrogens with one attached hydrogen (secondary N) is 1. The van der Waals surface area contributed by atoms with Crippen LogP contribution in [-0.4, -0.2) is 33.6 Å². The van der Waals surface area contributed by atoms with E-state index < -0.39 is 27.2 Å². The summed E-state index contributed by atoms with van der Waals surface area (Å²) in [6, 6.07) is 2.41. The Labute approximate surface area is 118 Å². The van der Waals surface area contributed by atoms with Crippen molar-refractivity contribution in [3.05, 3.63) is 29.3 Å². The van der Waals surface area contributed by atoms with Gasteiger partial charge in [0.1, 0.15) is 9.84 Å². The van der Waals surface area contributed by atoms with Gasteiger partial charge < -0.3 is 10.1 Å². The van der Waals surface area contributed by atoms with Gasteiger partial charge in [-0.2, -0.15) is 0 Å². The number of halogens is 2. The molecular weight excluding hydrogens is 288 g/mol. The molecule has 0 fully saturated rings. The molecule has 0 aliphatic rings. The summed E-state index contributed by atoms with van der Waals surface area (Å²) in [5, 5.41) is 2.97. The molecule has 0 amide bonds. The van der Waals surface area contributed by atoms with Gasteiger partial charge in [0.25, 0.3) is 0 Å². The van der Waals surface area contributed by atoms with Gasteiger partial charge in [-0.05, 0) is 30.7 Å². The van der Waals surface area contributed by atoms with Crippen LogP contribution in [0.2, 0.25) is 0 Å². The first-order valence-corrected chi connectivity index (χ1v) is 8.38. The SMILES string of the molecule is CCNCc1cc(F)c(OCCCS(C)(=O)=O)c(F)c1. The Hall–Kier alpha value is -1.21. The number of rotatable bonds is 8. The zero-order valence-corrected chi connectivity index (χ0v) is 12.4. The number of hydrogen-bond acceptors (Lipinski definition) is 4. The second-order valence-corrected chi connectivity index (χ2v) is 6.76. The monoisotopic (exact) mass is 307 g/mol. The molecule has 0 saturated heterocycles. The predicted molar refractivity (Wildman–Crippen MR) is 73.6 cm³/mol. The molecule has 0 aromatic heterocycles. The summed E-state index contributed by atoms with van der Waals surface area (Å²) in [5.74, 6) is -2.09. The van der Waals surface area contributed by atoms with Gasteiger partial charge >= 0.3 is 0 Å². The van der Waals surface area contributed by atoms with E-state index in [0.29, 0.717) is 18.7 Å². The minimum absolute atomic E-state index is 0.0481. The third-order valence-corrected chi connectivity index (χ3v) is 3.57. The highest BCUT2D eigenvalue weighted by Gasteiger charge is 2.13. The smallest absolute Gasteiger partial charge is 0.190 e. The van der Waals surface area contributed by atoms with Gasteiger partial charge in [0.15, 0.2) is 17.4 Å². The fraction of sp³-hybridized carbons (Fsp3) is 0.538. The van der Waals surface area contributed by atoms with Crippen LogP contribution in [-0.2, 0) is 16.4 Å². The topological polar surface area (TPSA) is 55.4 Å². The van der Waals surface area contributed by atoms with Gasteiger partial charge in [0.05, 0.1) is 12.4 Å². The maximum absolute atomic E-state index is 13.7. The van der Waals surface area contributed by atoms with Crippen LogP contribution in [0.3, 0.4) is 0 Å². The molecule has 0 radical (unpaired) electrons. The average molecular weight is 307 g/mol. The average Bonchev–Trinajstić information content (AvgIpc) is 2.33. The first kappa shape index (κ1) is 16.8. The molecule has 0 bridgehead atoms. The second kappa shape index (κ2) is 7.54. The standard InChI is InChI=1S/C13H19F2NO3S/c1-3-16-9-10-7-11(14)13(12(15)8-10)19-5-4-6-20(2,17)18/h7-8,16H,3-6,9H2,1-2H3. The molecule has 0 heterocycles. The lowest BCUT2D eigenvalue weighted by Gasteiger charge is -2.10. The lowest BCUT2D eigenvalue weighted by atomic mass is 10.2. The van der Waals surface area contributed by atoms with Crippen LogP contribution in [0.15, 0.2) is 12.1 Å². The minimum Gasteiger partial charge on any atom is -0.488 e. The molecule has 1 aromatic carbocycles. The zero-order valence-electron chi connectivity index (χ0n) is 11.6. The van der Waals surface area contributed by atoms with Crippen molar-refractivity contribution in [1.29, 1.82) is 0 Å². The summed E-state index contributed by atoms with van der Waals surface area (Å²) in [6.45, 7) is 2.92. The third-order valence-electron chi connectivity index (χ3n) is 2.54. The predicted octanol–water partition coefficient (Wildman–Crippen LogP) is 1.89. The van der Waals surface area contributed by atoms with Crippen molar-refractivity contribution in [2.75, 3.05) is 25.2 Å². The maximum Gasteiger partial charge on any atom is 0.190 e. The van der Waals surface area contributed by atoms with E-state index in [1.807, 2.05) is 6.92 Å². The van der Waals surface area contributed by atoms with Crippen LogP contribution in [0.25, 0.3) is 0 Å². The van der Waals surface area contributed by atoms with Gasteiger partial charge in [0.2, 0.25) is 0 Å². The third kappa shape index (κ3) is 5.83. The van der Waals surface area contributed by atoms with Crippen molar-refractivity contribution >= 4 is 9.84 Å². The Morgan fingerprint density at radius 2 is 1.85 bits per heavy atom. The van der Waals surface area contributed by atoms with E-state index in [-0.39, 0.29) is 18.8 Å². The molecule has 0 saturated carbocycles. The normalized spacial score (nSPS) is 11.6. The number of ether oxygens (including phenoxy) is 1. The van der Waals surface area contributed by atoms with E-state index in [0.717, 1.165) is 6.26 Å². The molecule has 1 rings (SSSR count). The van der Waals surface area contributed by atoms with Gasteiger partial charge in [-0.25, -0.2) is 17.2 Å². The molecule has 1 N–H and O–H groups in total. The van der Waals surface area contributed by atoms with Crippen LogP contribution in [0.4, 0.5) is 8.78 Å². The summed E-state index contributed by atoms with van der Waals surface area (Å²) in [6.07, 6.45) is 1.29. The van der Waals surface area contributed by atoms with E-state index in [1.165, 1.54) is 12.1 Å². The maximum atomic E-state index is 13.7. The molecule has 0 spiro atoms.